The van der Waals surface area contributed by atoms with E-state index in [2.05, 4.69) is 58.6 Å². The van der Waals surface area contributed by atoms with Gasteiger partial charge in [-0.3, -0.25) is 0 Å². The van der Waals surface area contributed by atoms with Gasteiger partial charge >= 0.3 is 0 Å². The summed E-state index contributed by atoms with van der Waals surface area (Å²) < 4.78 is 0. The van der Waals surface area contributed by atoms with Crippen LogP contribution < -0.4 is 0 Å². The van der Waals surface area contributed by atoms with Gasteiger partial charge in [-0.2, -0.15) is 0 Å². The minimum absolute atomic E-state index is 0.153. The molecular formula is C28H44O2. The molecule has 3 saturated carbocycles. The van der Waals surface area contributed by atoms with Crippen molar-refractivity contribution >= 4 is 0 Å². The van der Waals surface area contributed by atoms with Gasteiger partial charge in [-0.15, -0.1) is 0 Å². The van der Waals surface area contributed by atoms with Crippen LogP contribution in [0, 0.1) is 29.1 Å². The molecule has 3 aliphatic rings. The van der Waals surface area contributed by atoms with Gasteiger partial charge in [0, 0.05) is 0 Å². The monoisotopic (exact) mass is 412 g/mol. The molecule has 6 atom stereocenters. The lowest BCUT2D eigenvalue weighted by molar-refractivity contribution is -0.0241. The van der Waals surface area contributed by atoms with E-state index in [1.165, 1.54) is 30.4 Å². The molecule has 0 heterocycles. The summed E-state index contributed by atoms with van der Waals surface area (Å²) in [5.74, 6) is 1.92. The molecule has 2 nitrogen and oxygen atoms in total. The number of aliphatic hydroxyl groups excluding tert-OH is 1. The lowest BCUT2D eigenvalue weighted by Crippen LogP contribution is -2.44. The highest BCUT2D eigenvalue weighted by atomic mass is 16.3. The average Bonchev–Trinajstić information content (AvgIpc) is 3.05. The third kappa shape index (κ3) is 4.86. The first-order valence-electron chi connectivity index (χ1n) is 12.2. The smallest absolute Gasteiger partial charge is 0.0833 e. The lowest BCUT2D eigenvalue weighted by Gasteiger charge is -2.46. The largest absolute Gasteiger partial charge is 0.393 e. The molecule has 0 aromatic heterocycles. The quantitative estimate of drug-likeness (QED) is 0.490. The fourth-order valence-electron chi connectivity index (χ4n) is 6.28. The van der Waals surface area contributed by atoms with Gasteiger partial charge in [0.2, 0.25) is 0 Å². The molecular weight excluding hydrogens is 368 g/mol. The standard InChI is InChI=1S/C28H44O2/c1-19(2)20(3)15-17-28(6,30)26-14-13-25-22(8-7-16-27(25,26)5)10-11-23-18-24(29)12-9-21(23)4/h10-11,15,17,19-20,24-26,29-30H,4,7-9,12-14,16,18H2,1-3,5-6H3/b17-15+,22-10+,23-11-/t20-,24-,25-,26-,27-,28?/m0/s1. The van der Waals surface area contributed by atoms with Crippen molar-refractivity contribution < 1.29 is 10.2 Å². The summed E-state index contributed by atoms with van der Waals surface area (Å²) in [6, 6.07) is 0. The third-order valence-electron chi connectivity index (χ3n) is 8.65. The Labute approximate surface area is 184 Å². The fourth-order valence-corrected chi connectivity index (χ4v) is 6.28. The van der Waals surface area contributed by atoms with Crippen molar-refractivity contribution in [3.63, 3.8) is 0 Å². The molecule has 2 heteroatoms. The molecule has 30 heavy (non-hydrogen) atoms. The average molecular weight is 413 g/mol. The Morgan fingerprint density at radius 2 is 1.87 bits per heavy atom. The predicted molar refractivity (Wildman–Crippen MR) is 127 cm³/mol. The maximum Gasteiger partial charge on any atom is 0.0833 e. The SMILES string of the molecule is C=C1CC[C@H](O)C/C1=C/C=C1\CCC[C@]2(C)[C@@H](C(C)(O)/C=C/[C@H](C)C(C)C)CC[C@@H]12. The summed E-state index contributed by atoms with van der Waals surface area (Å²) in [5, 5.41) is 21.5. The number of fused-ring (bicyclic) bond motifs is 1. The predicted octanol–water partition coefficient (Wildman–Crippen LogP) is 6.76. The third-order valence-corrected chi connectivity index (χ3v) is 8.65. The minimum Gasteiger partial charge on any atom is -0.393 e. The van der Waals surface area contributed by atoms with Crippen LogP contribution in [0.4, 0.5) is 0 Å². The Morgan fingerprint density at radius 1 is 1.13 bits per heavy atom. The van der Waals surface area contributed by atoms with Crippen LogP contribution in [-0.2, 0) is 0 Å². The molecule has 0 spiro atoms. The van der Waals surface area contributed by atoms with Crippen molar-refractivity contribution in [3.8, 4) is 0 Å². The van der Waals surface area contributed by atoms with Crippen molar-refractivity contribution in [2.24, 2.45) is 29.1 Å². The van der Waals surface area contributed by atoms with Crippen molar-refractivity contribution in [3.05, 3.63) is 47.6 Å². The maximum absolute atomic E-state index is 11.5. The van der Waals surface area contributed by atoms with Crippen LogP contribution in [0.5, 0.6) is 0 Å². The van der Waals surface area contributed by atoms with Crippen LogP contribution in [0.1, 0.15) is 86.0 Å². The Kier molecular flexibility index (Phi) is 7.19. The van der Waals surface area contributed by atoms with E-state index in [1.807, 2.05) is 6.92 Å². The second kappa shape index (κ2) is 9.17. The summed E-state index contributed by atoms with van der Waals surface area (Å²) >= 11 is 0. The molecule has 0 aromatic rings. The van der Waals surface area contributed by atoms with Gasteiger partial charge in [-0.1, -0.05) is 69.7 Å². The molecule has 0 aromatic carbocycles. The normalized spacial score (nSPS) is 38.4. The van der Waals surface area contributed by atoms with Gasteiger partial charge < -0.3 is 10.2 Å². The van der Waals surface area contributed by atoms with Gasteiger partial charge in [0.05, 0.1) is 11.7 Å². The first-order valence-corrected chi connectivity index (χ1v) is 12.2. The molecule has 1 unspecified atom stereocenters. The van der Waals surface area contributed by atoms with Crippen LogP contribution in [0.2, 0.25) is 0 Å². The molecule has 3 aliphatic carbocycles. The van der Waals surface area contributed by atoms with E-state index in [9.17, 15) is 10.2 Å². The van der Waals surface area contributed by atoms with E-state index < -0.39 is 5.60 Å². The van der Waals surface area contributed by atoms with Crippen molar-refractivity contribution in [1.29, 1.82) is 0 Å². The second-order valence-corrected chi connectivity index (χ2v) is 11.2. The van der Waals surface area contributed by atoms with Crippen LogP contribution in [0.15, 0.2) is 47.6 Å². The Balaban J connectivity index is 1.80. The van der Waals surface area contributed by atoms with E-state index in [0.717, 1.165) is 32.1 Å². The summed E-state index contributed by atoms with van der Waals surface area (Å²) in [6.45, 7) is 15.4. The summed E-state index contributed by atoms with van der Waals surface area (Å²) in [7, 11) is 0. The van der Waals surface area contributed by atoms with Crippen LogP contribution in [0.3, 0.4) is 0 Å². The zero-order chi connectivity index (χ0) is 22.1. The van der Waals surface area contributed by atoms with Gasteiger partial charge in [0.15, 0.2) is 0 Å². The van der Waals surface area contributed by atoms with E-state index >= 15 is 0 Å². The van der Waals surface area contributed by atoms with Crippen molar-refractivity contribution in [2.75, 3.05) is 0 Å². The molecule has 3 fully saturated rings. The Hall–Kier alpha value is -1.12. The van der Waals surface area contributed by atoms with Crippen molar-refractivity contribution in [1.82, 2.24) is 0 Å². The van der Waals surface area contributed by atoms with E-state index in [-0.39, 0.29) is 11.5 Å². The summed E-state index contributed by atoms with van der Waals surface area (Å²) in [5.41, 5.74) is 3.35. The fraction of sp³-hybridized carbons (Fsp3) is 0.714. The van der Waals surface area contributed by atoms with Crippen LogP contribution in [-0.4, -0.2) is 21.9 Å². The first kappa shape index (κ1) is 23.5. The highest BCUT2D eigenvalue weighted by molar-refractivity contribution is 5.36. The van der Waals surface area contributed by atoms with Gasteiger partial charge in [-0.05, 0) is 93.0 Å². The van der Waals surface area contributed by atoms with Crippen molar-refractivity contribution in [2.45, 2.75) is 97.7 Å². The molecule has 0 saturated heterocycles. The van der Waals surface area contributed by atoms with E-state index in [0.29, 0.717) is 23.7 Å². The first-order chi connectivity index (χ1) is 14.0. The molecule has 168 valence electrons. The molecule has 0 aliphatic heterocycles. The lowest BCUT2D eigenvalue weighted by atomic mass is 9.60. The molecule has 0 radical (unpaired) electrons. The number of allylic oxidation sites excluding steroid dienone is 5. The summed E-state index contributed by atoms with van der Waals surface area (Å²) in [6.07, 6.45) is 17.0. The zero-order valence-electron chi connectivity index (χ0n) is 20.0. The summed E-state index contributed by atoms with van der Waals surface area (Å²) in [4.78, 5) is 0. The Morgan fingerprint density at radius 3 is 2.57 bits per heavy atom. The number of aliphatic hydroxyl groups is 2. The number of rotatable bonds is 5. The van der Waals surface area contributed by atoms with Gasteiger partial charge in [0.1, 0.15) is 0 Å². The molecule has 0 amide bonds. The van der Waals surface area contributed by atoms with Gasteiger partial charge in [0.25, 0.3) is 0 Å². The zero-order valence-corrected chi connectivity index (χ0v) is 20.0. The highest BCUT2D eigenvalue weighted by Gasteiger charge is 2.54. The van der Waals surface area contributed by atoms with E-state index in [1.54, 1.807) is 5.57 Å². The molecule has 0 bridgehead atoms. The van der Waals surface area contributed by atoms with Gasteiger partial charge in [-0.25, -0.2) is 0 Å². The topological polar surface area (TPSA) is 40.5 Å². The highest BCUT2D eigenvalue weighted by Crippen LogP contribution is 2.60. The Bertz CT molecular complexity index is 723. The van der Waals surface area contributed by atoms with E-state index in [4.69, 9.17) is 0 Å². The van der Waals surface area contributed by atoms with Crippen LogP contribution >= 0.6 is 0 Å². The van der Waals surface area contributed by atoms with Crippen LogP contribution in [0.25, 0.3) is 0 Å². The number of hydrogen-bond acceptors (Lipinski definition) is 2. The maximum atomic E-state index is 11.5. The second-order valence-electron chi connectivity index (χ2n) is 11.2. The minimum atomic E-state index is -0.755. The molecule has 3 rings (SSSR count). The number of hydrogen-bond donors (Lipinski definition) is 2. The molecule has 2 N–H and O–H groups in total.